The van der Waals surface area contributed by atoms with Crippen LogP contribution in [0.3, 0.4) is 0 Å². The normalized spacial score (nSPS) is 20.7. The Kier molecular flexibility index (Phi) is 6.21. The lowest BCUT2D eigenvalue weighted by molar-refractivity contribution is -0.123. The van der Waals surface area contributed by atoms with Gasteiger partial charge in [0, 0.05) is 32.7 Å². The lowest BCUT2D eigenvalue weighted by Gasteiger charge is -2.37. The Morgan fingerprint density at radius 1 is 1.00 bits per heavy atom. The van der Waals surface area contributed by atoms with Crippen molar-refractivity contribution < 1.29 is 28.6 Å². The predicted molar refractivity (Wildman–Crippen MR) is 123 cm³/mol. The molecule has 3 aliphatic rings. The second-order valence-corrected chi connectivity index (χ2v) is 8.55. The summed E-state index contributed by atoms with van der Waals surface area (Å²) >= 11 is 0. The first-order chi connectivity index (χ1) is 16.5. The summed E-state index contributed by atoms with van der Waals surface area (Å²) in [7, 11) is 0. The molecule has 0 saturated carbocycles. The maximum atomic E-state index is 13.2. The van der Waals surface area contributed by atoms with Crippen molar-refractivity contribution in [1.82, 2.24) is 9.80 Å². The highest BCUT2D eigenvalue weighted by Gasteiger charge is 2.43. The Morgan fingerprint density at radius 2 is 1.74 bits per heavy atom. The smallest absolute Gasteiger partial charge is 0.338 e. The Bertz CT molecular complexity index is 1090. The molecule has 9 heteroatoms. The lowest BCUT2D eigenvalue weighted by Crippen LogP contribution is -2.52. The largest absolute Gasteiger partial charge is 0.462 e. The van der Waals surface area contributed by atoms with Crippen LogP contribution in [0.5, 0.6) is 11.5 Å². The fraction of sp³-hybridized carbons (Fsp3) is 0.400. The minimum absolute atomic E-state index is 0.167. The van der Waals surface area contributed by atoms with Crippen molar-refractivity contribution in [2.45, 2.75) is 25.9 Å². The van der Waals surface area contributed by atoms with E-state index < -0.39 is 12.0 Å². The van der Waals surface area contributed by atoms with Crippen LogP contribution in [0.1, 0.15) is 29.3 Å². The van der Waals surface area contributed by atoms with E-state index in [0.29, 0.717) is 24.3 Å². The Hall–Kier alpha value is -3.43. The number of benzene rings is 2. The molecule has 5 rings (SSSR count). The van der Waals surface area contributed by atoms with Crippen LogP contribution in [0.25, 0.3) is 0 Å². The van der Waals surface area contributed by atoms with Crippen molar-refractivity contribution in [2.75, 3.05) is 44.5 Å². The van der Waals surface area contributed by atoms with E-state index in [1.807, 2.05) is 18.2 Å². The van der Waals surface area contributed by atoms with E-state index in [1.165, 1.54) is 4.90 Å². The molecule has 2 saturated heterocycles. The monoisotopic (exact) mass is 465 g/mol. The number of rotatable bonds is 6. The van der Waals surface area contributed by atoms with Crippen LogP contribution >= 0.6 is 0 Å². The third-order valence-electron chi connectivity index (χ3n) is 6.45. The molecule has 9 nitrogen and oxygen atoms in total. The van der Waals surface area contributed by atoms with Crippen LogP contribution in [0, 0.1) is 0 Å². The van der Waals surface area contributed by atoms with Crippen LogP contribution in [-0.4, -0.2) is 73.2 Å². The van der Waals surface area contributed by atoms with Gasteiger partial charge in [0.05, 0.1) is 30.3 Å². The lowest BCUT2D eigenvalue weighted by atomic mass is 10.1. The Balaban J connectivity index is 1.18. The molecule has 0 unspecified atom stereocenters. The summed E-state index contributed by atoms with van der Waals surface area (Å²) in [5.41, 5.74) is 2.02. The van der Waals surface area contributed by atoms with Gasteiger partial charge in [0.25, 0.3) is 5.91 Å². The second-order valence-electron chi connectivity index (χ2n) is 8.55. The third kappa shape index (κ3) is 4.36. The minimum atomic E-state index is -0.454. The van der Waals surface area contributed by atoms with E-state index in [-0.39, 0.29) is 31.6 Å². The van der Waals surface area contributed by atoms with Crippen LogP contribution < -0.4 is 14.4 Å². The zero-order valence-electron chi connectivity index (χ0n) is 19.1. The number of imide groups is 1. The highest BCUT2D eigenvalue weighted by Crippen LogP contribution is 2.33. The van der Waals surface area contributed by atoms with Gasteiger partial charge in [0.15, 0.2) is 11.5 Å². The molecule has 3 aliphatic heterocycles. The molecule has 2 fully saturated rings. The number of piperazine rings is 1. The van der Waals surface area contributed by atoms with Crippen LogP contribution in [-0.2, 0) is 20.9 Å². The SMILES string of the molecule is CCOC(=O)c1ccc(N2C(=O)C[C@@H](N3CCN(Cc4ccc5c(c4)OCO5)CC3)C2=O)cc1. The first kappa shape index (κ1) is 22.4. The fourth-order valence-corrected chi connectivity index (χ4v) is 4.66. The van der Waals surface area contributed by atoms with Gasteiger partial charge < -0.3 is 14.2 Å². The van der Waals surface area contributed by atoms with Gasteiger partial charge in [0.2, 0.25) is 12.7 Å². The Labute approximate surface area is 197 Å². The molecule has 3 heterocycles. The van der Waals surface area contributed by atoms with Crippen molar-refractivity contribution in [2.24, 2.45) is 0 Å². The Morgan fingerprint density at radius 3 is 2.47 bits per heavy atom. The van der Waals surface area contributed by atoms with E-state index in [1.54, 1.807) is 31.2 Å². The van der Waals surface area contributed by atoms with Gasteiger partial charge in [-0.25, -0.2) is 9.69 Å². The number of nitrogens with zero attached hydrogens (tertiary/aromatic N) is 3. The molecule has 2 aromatic rings. The van der Waals surface area contributed by atoms with E-state index >= 15 is 0 Å². The molecule has 0 N–H and O–H groups in total. The van der Waals surface area contributed by atoms with Crippen molar-refractivity contribution in [3.05, 3.63) is 53.6 Å². The number of hydrogen-bond acceptors (Lipinski definition) is 8. The van der Waals surface area contributed by atoms with Crippen molar-refractivity contribution >= 4 is 23.5 Å². The molecular formula is C25H27N3O6. The molecule has 2 aromatic carbocycles. The first-order valence-electron chi connectivity index (χ1n) is 11.5. The van der Waals surface area contributed by atoms with Crippen molar-refractivity contribution in [3.8, 4) is 11.5 Å². The highest BCUT2D eigenvalue weighted by molar-refractivity contribution is 6.22. The van der Waals surface area contributed by atoms with Gasteiger partial charge in [-0.3, -0.25) is 19.4 Å². The number of fused-ring (bicyclic) bond motifs is 1. The average Bonchev–Trinajstić information content (AvgIpc) is 3.43. The number of anilines is 1. The highest BCUT2D eigenvalue weighted by atomic mass is 16.7. The zero-order chi connectivity index (χ0) is 23.7. The summed E-state index contributed by atoms with van der Waals surface area (Å²) in [6.07, 6.45) is 0.167. The van der Waals surface area contributed by atoms with Gasteiger partial charge in [0.1, 0.15) is 0 Å². The summed E-state index contributed by atoms with van der Waals surface area (Å²) in [6, 6.07) is 11.9. The molecular weight excluding hydrogens is 438 g/mol. The third-order valence-corrected chi connectivity index (χ3v) is 6.45. The van der Waals surface area contributed by atoms with E-state index in [4.69, 9.17) is 14.2 Å². The van der Waals surface area contributed by atoms with Crippen molar-refractivity contribution in [3.63, 3.8) is 0 Å². The first-order valence-corrected chi connectivity index (χ1v) is 11.5. The molecule has 0 radical (unpaired) electrons. The zero-order valence-corrected chi connectivity index (χ0v) is 19.1. The van der Waals surface area contributed by atoms with E-state index in [9.17, 15) is 14.4 Å². The van der Waals surface area contributed by atoms with Crippen LogP contribution in [0.2, 0.25) is 0 Å². The number of hydrogen-bond donors (Lipinski definition) is 0. The van der Waals surface area contributed by atoms with Gasteiger partial charge in [-0.05, 0) is 48.9 Å². The molecule has 1 atom stereocenters. The number of esters is 1. The summed E-state index contributed by atoms with van der Waals surface area (Å²) < 4.78 is 15.8. The second kappa shape index (κ2) is 9.44. The number of carbonyl (C=O) groups is 3. The molecule has 2 amide bonds. The summed E-state index contributed by atoms with van der Waals surface area (Å²) in [6.45, 7) is 6.12. The van der Waals surface area contributed by atoms with Gasteiger partial charge in [-0.2, -0.15) is 0 Å². The maximum Gasteiger partial charge on any atom is 0.338 e. The molecule has 0 aromatic heterocycles. The topological polar surface area (TPSA) is 88.6 Å². The predicted octanol–water partition coefficient (Wildman–Crippen LogP) is 2.04. The van der Waals surface area contributed by atoms with E-state index in [0.717, 1.165) is 36.7 Å². The summed E-state index contributed by atoms with van der Waals surface area (Å²) in [4.78, 5) is 43.4. The van der Waals surface area contributed by atoms with Crippen LogP contribution in [0.15, 0.2) is 42.5 Å². The summed E-state index contributed by atoms with van der Waals surface area (Å²) in [5, 5.41) is 0. The van der Waals surface area contributed by atoms with E-state index in [2.05, 4.69) is 9.80 Å². The average molecular weight is 466 g/mol. The quantitative estimate of drug-likeness (QED) is 0.473. The number of amides is 2. The standard InChI is InChI=1S/C25H27N3O6/c1-2-32-25(31)18-4-6-19(7-5-18)28-23(29)14-20(24(28)30)27-11-9-26(10-12-27)15-17-3-8-21-22(13-17)34-16-33-21/h3-8,13,20H,2,9-12,14-16H2,1H3/t20-/m1/s1. The summed E-state index contributed by atoms with van der Waals surface area (Å²) in [5.74, 6) is 0.698. The fourth-order valence-electron chi connectivity index (χ4n) is 4.66. The molecule has 34 heavy (non-hydrogen) atoms. The van der Waals surface area contributed by atoms with Gasteiger partial charge >= 0.3 is 5.97 Å². The molecule has 0 spiro atoms. The van der Waals surface area contributed by atoms with Gasteiger partial charge in [-0.1, -0.05) is 6.07 Å². The molecule has 0 bridgehead atoms. The van der Waals surface area contributed by atoms with Crippen LogP contribution in [0.4, 0.5) is 5.69 Å². The van der Waals surface area contributed by atoms with Gasteiger partial charge in [-0.15, -0.1) is 0 Å². The van der Waals surface area contributed by atoms with Crippen molar-refractivity contribution in [1.29, 1.82) is 0 Å². The minimum Gasteiger partial charge on any atom is -0.462 e. The molecule has 0 aliphatic carbocycles. The molecule has 178 valence electrons. The number of carbonyl (C=O) groups excluding carboxylic acids is 3. The maximum absolute atomic E-state index is 13.2. The number of ether oxygens (including phenoxy) is 3.